The maximum atomic E-state index is 11.8. The summed E-state index contributed by atoms with van der Waals surface area (Å²) in [5.41, 5.74) is 1.69. The Labute approximate surface area is 124 Å². The SMILES string of the molecule is CC(C)CCOC(=O)/C(C#N)=C/c1cc2ccccc2[nH]1. The number of nitriles is 1. The van der Waals surface area contributed by atoms with Crippen LogP contribution in [0.3, 0.4) is 0 Å². The van der Waals surface area contributed by atoms with Crippen molar-refractivity contribution in [3.05, 3.63) is 41.6 Å². The van der Waals surface area contributed by atoms with Gasteiger partial charge in [0.05, 0.1) is 6.61 Å². The zero-order chi connectivity index (χ0) is 15.2. The fraction of sp³-hybridized carbons (Fsp3) is 0.294. The number of aromatic amines is 1. The van der Waals surface area contributed by atoms with Gasteiger partial charge in [-0.15, -0.1) is 0 Å². The molecule has 0 aliphatic heterocycles. The first-order valence-electron chi connectivity index (χ1n) is 6.97. The van der Waals surface area contributed by atoms with Crippen LogP contribution in [-0.2, 0) is 9.53 Å². The van der Waals surface area contributed by atoms with E-state index in [0.29, 0.717) is 18.2 Å². The van der Waals surface area contributed by atoms with Gasteiger partial charge in [0.2, 0.25) is 0 Å². The minimum Gasteiger partial charge on any atom is -0.462 e. The Hall–Kier alpha value is -2.54. The Morgan fingerprint density at radius 2 is 2.19 bits per heavy atom. The lowest BCUT2D eigenvalue weighted by Gasteiger charge is -2.05. The van der Waals surface area contributed by atoms with E-state index in [-0.39, 0.29) is 5.57 Å². The lowest BCUT2D eigenvalue weighted by molar-refractivity contribution is -0.138. The van der Waals surface area contributed by atoms with E-state index < -0.39 is 5.97 Å². The number of para-hydroxylation sites is 1. The molecule has 4 nitrogen and oxygen atoms in total. The van der Waals surface area contributed by atoms with Gasteiger partial charge in [0, 0.05) is 11.2 Å². The van der Waals surface area contributed by atoms with E-state index in [9.17, 15) is 4.79 Å². The standard InChI is InChI=1S/C17H18N2O2/c1-12(2)7-8-21-17(20)14(11-18)10-15-9-13-5-3-4-6-16(13)19-15/h3-6,9-10,12,19H,7-8H2,1-2H3/b14-10+. The number of ether oxygens (including phenoxy) is 1. The quantitative estimate of drug-likeness (QED) is 0.517. The third-order valence-corrected chi connectivity index (χ3v) is 3.12. The summed E-state index contributed by atoms with van der Waals surface area (Å²) in [7, 11) is 0. The minimum atomic E-state index is -0.572. The van der Waals surface area contributed by atoms with E-state index in [1.807, 2.05) is 36.4 Å². The molecule has 0 saturated carbocycles. The summed E-state index contributed by atoms with van der Waals surface area (Å²) in [6.45, 7) is 4.45. The summed E-state index contributed by atoms with van der Waals surface area (Å²) in [5.74, 6) is -0.113. The van der Waals surface area contributed by atoms with Crippen LogP contribution in [0.5, 0.6) is 0 Å². The molecule has 0 fully saturated rings. The second kappa shape index (κ2) is 6.76. The monoisotopic (exact) mass is 282 g/mol. The molecule has 0 radical (unpaired) electrons. The van der Waals surface area contributed by atoms with Crippen molar-refractivity contribution >= 4 is 22.9 Å². The van der Waals surface area contributed by atoms with Crippen molar-refractivity contribution in [1.82, 2.24) is 4.98 Å². The number of carbonyl (C=O) groups excluding carboxylic acids is 1. The lowest BCUT2D eigenvalue weighted by Crippen LogP contribution is -2.09. The van der Waals surface area contributed by atoms with Gasteiger partial charge in [0.25, 0.3) is 0 Å². The molecule has 1 N–H and O–H groups in total. The zero-order valence-corrected chi connectivity index (χ0v) is 12.2. The van der Waals surface area contributed by atoms with Gasteiger partial charge in [-0.2, -0.15) is 5.26 Å². The van der Waals surface area contributed by atoms with Crippen LogP contribution in [0, 0.1) is 17.2 Å². The molecule has 108 valence electrons. The molecule has 0 aliphatic rings. The first-order valence-corrected chi connectivity index (χ1v) is 6.97. The summed E-state index contributed by atoms with van der Waals surface area (Å²) in [6.07, 6.45) is 2.31. The molecule has 1 aromatic carbocycles. The van der Waals surface area contributed by atoms with Gasteiger partial charge in [-0.25, -0.2) is 4.79 Å². The number of hydrogen-bond donors (Lipinski definition) is 1. The molecule has 2 rings (SSSR count). The number of aromatic nitrogens is 1. The first kappa shape index (κ1) is 14.9. The van der Waals surface area contributed by atoms with Gasteiger partial charge in [0.15, 0.2) is 0 Å². The highest BCUT2D eigenvalue weighted by Crippen LogP contribution is 2.17. The predicted octanol–water partition coefficient (Wildman–Crippen LogP) is 3.66. The van der Waals surface area contributed by atoms with Crippen LogP contribution >= 0.6 is 0 Å². The van der Waals surface area contributed by atoms with Crippen molar-refractivity contribution in [2.24, 2.45) is 5.92 Å². The van der Waals surface area contributed by atoms with Crippen LogP contribution in [-0.4, -0.2) is 17.6 Å². The van der Waals surface area contributed by atoms with Gasteiger partial charge in [0.1, 0.15) is 11.6 Å². The lowest BCUT2D eigenvalue weighted by atomic mass is 10.1. The predicted molar refractivity (Wildman–Crippen MR) is 82.3 cm³/mol. The topological polar surface area (TPSA) is 65.9 Å². The number of hydrogen-bond acceptors (Lipinski definition) is 3. The number of nitrogens with zero attached hydrogens (tertiary/aromatic N) is 1. The number of benzene rings is 1. The molecule has 4 heteroatoms. The molecule has 1 aromatic heterocycles. The number of rotatable bonds is 5. The third kappa shape index (κ3) is 3.96. The fourth-order valence-electron chi connectivity index (χ4n) is 1.93. The Balaban J connectivity index is 2.12. The average Bonchev–Trinajstić information content (AvgIpc) is 2.86. The van der Waals surface area contributed by atoms with Gasteiger partial charge in [-0.05, 0) is 35.9 Å². The Kier molecular flexibility index (Phi) is 4.78. The third-order valence-electron chi connectivity index (χ3n) is 3.12. The summed E-state index contributed by atoms with van der Waals surface area (Å²) >= 11 is 0. The van der Waals surface area contributed by atoms with Crippen LogP contribution in [0.25, 0.3) is 17.0 Å². The van der Waals surface area contributed by atoms with Crippen molar-refractivity contribution < 1.29 is 9.53 Å². The minimum absolute atomic E-state index is 0.00492. The average molecular weight is 282 g/mol. The van der Waals surface area contributed by atoms with Gasteiger partial charge in [-0.1, -0.05) is 32.0 Å². The van der Waals surface area contributed by atoms with E-state index in [4.69, 9.17) is 10.00 Å². The van der Waals surface area contributed by atoms with E-state index in [1.54, 1.807) is 0 Å². The first-order chi connectivity index (χ1) is 10.1. The van der Waals surface area contributed by atoms with Gasteiger partial charge >= 0.3 is 5.97 Å². The second-order valence-corrected chi connectivity index (χ2v) is 5.30. The highest BCUT2D eigenvalue weighted by atomic mass is 16.5. The van der Waals surface area contributed by atoms with Crippen LogP contribution in [0.4, 0.5) is 0 Å². The molecule has 0 atom stereocenters. The molecule has 21 heavy (non-hydrogen) atoms. The van der Waals surface area contributed by atoms with Gasteiger partial charge in [-0.3, -0.25) is 0 Å². The highest BCUT2D eigenvalue weighted by Gasteiger charge is 2.11. The van der Waals surface area contributed by atoms with Crippen LogP contribution in [0.1, 0.15) is 26.0 Å². The summed E-state index contributed by atoms with van der Waals surface area (Å²) < 4.78 is 5.11. The van der Waals surface area contributed by atoms with Crippen molar-refractivity contribution in [2.45, 2.75) is 20.3 Å². The molecule has 1 heterocycles. The maximum Gasteiger partial charge on any atom is 0.348 e. The molecule has 0 unspecified atom stereocenters. The molecule has 2 aromatic rings. The molecular weight excluding hydrogens is 264 g/mol. The highest BCUT2D eigenvalue weighted by molar-refractivity contribution is 5.98. The van der Waals surface area contributed by atoms with Gasteiger partial charge < -0.3 is 9.72 Å². The normalized spacial score (nSPS) is 11.6. The van der Waals surface area contributed by atoms with E-state index in [0.717, 1.165) is 17.3 Å². The van der Waals surface area contributed by atoms with Crippen molar-refractivity contribution in [3.8, 4) is 6.07 Å². The van der Waals surface area contributed by atoms with Crippen molar-refractivity contribution in [3.63, 3.8) is 0 Å². The zero-order valence-electron chi connectivity index (χ0n) is 12.2. The smallest absolute Gasteiger partial charge is 0.348 e. The summed E-state index contributed by atoms with van der Waals surface area (Å²) in [5, 5.41) is 10.1. The molecular formula is C17H18N2O2. The number of esters is 1. The summed E-state index contributed by atoms with van der Waals surface area (Å²) in [6, 6.07) is 11.6. The Bertz CT molecular complexity index is 672. The van der Waals surface area contributed by atoms with Crippen molar-refractivity contribution in [1.29, 1.82) is 5.26 Å². The Morgan fingerprint density at radius 1 is 1.43 bits per heavy atom. The van der Waals surface area contributed by atoms with Crippen LogP contribution in [0.2, 0.25) is 0 Å². The number of nitrogens with one attached hydrogen (secondary N) is 1. The molecule has 0 saturated heterocycles. The molecule has 0 aliphatic carbocycles. The second-order valence-electron chi connectivity index (χ2n) is 5.30. The number of fused-ring (bicyclic) bond motifs is 1. The fourth-order valence-corrected chi connectivity index (χ4v) is 1.93. The van der Waals surface area contributed by atoms with Crippen LogP contribution in [0.15, 0.2) is 35.9 Å². The van der Waals surface area contributed by atoms with Crippen LogP contribution < -0.4 is 0 Å². The summed E-state index contributed by atoms with van der Waals surface area (Å²) in [4.78, 5) is 15.0. The number of carbonyl (C=O) groups is 1. The van der Waals surface area contributed by atoms with E-state index in [1.165, 1.54) is 6.08 Å². The van der Waals surface area contributed by atoms with Crippen molar-refractivity contribution in [2.75, 3.05) is 6.61 Å². The largest absolute Gasteiger partial charge is 0.462 e. The maximum absolute atomic E-state index is 11.8. The molecule has 0 bridgehead atoms. The molecule has 0 amide bonds. The molecule has 0 spiro atoms. The number of H-pyrrole nitrogens is 1. The Morgan fingerprint density at radius 3 is 2.86 bits per heavy atom. The van der Waals surface area contributed by atoms with E-state index >= 15 is 0 Å². The van der Waals surface area contributed by atoms with E-state index in [2.05, 4.69) is 18.8 Å².